The number of rotatable bonds is 0. The van der Waals surface area contributed by atoms with Crippen LogP contribution in [0.2, 0.25) is 0 Å². The van der Waals surface area contributed by atoms with Gasteiger partial charge < -0.3 is 0 Å². The lowest BCUT2D eigenvalue weighted by Crippen LogP contribution is -1.80. The predicted octanol–water partition coefficient (Wildman–Crippen LogP) is 2.67. The molecule has 0 radical (unpaired) electrons. The van der Waals surface area contributed by atoms with E-state index in [0.717, 1.165) is 0 Å². The van der Waals surface area contributed by atoms with Gasteiger partial charge in [0.1, 0.15) is 0 Å². The lowest BCUT2D eigenvalue weighted by Gasteiger charge is -2.04. The van der Waals surface area contributed by atoms with Crippen LogP contribution in [-0.4, -0.2) is 19.0 Å². The molecular weight excluding hydrogens is 115 g/mol. The van der Waals surface area contributed by atoms with E-state index in [1.165, 1.54) is 25.7 Å². The van der Waals surface area contributed by atoms with Crippen molar-refractivity contribution >= 4 is 7.92 Å². The maximum Gasteiger partial charge on any atom is -0.0328 e. The monoisotopic (exact) mass is 130 g/mol. The second kappa shape index (κ2) is 3.45. The van der Waals surface area contributed by atoms with E-state index in [4.69, 9.17) is 0 Å². The van der Waals surface area contributed by atoms with Crippen molar-refractivity contribution in [3.63, 3.8) is 0 Å². The molecule has 0 unspecified atom stereocenters. The summed E-state index contributed by atoms with van der Waals surface area (Å²) in [4.78, 5) is 0. The fourth-order valence-corrected chi connectivity index (χ4v) is 2.98. The highest BCUT2D eigenvalue weighted by molar-refractivity contribution is 7.56. The molecule has 1 aliphatic rings. The van der Waals surface area contributed by atoms with Crippen LogP contribution in [0.5, 0.6) is 0 Å². The summed E-state index contributed by atoms with van der Waals surface area (Å²) in [7, 11) is 0.482. The second-order valence-electron chi connectivity index (χ2n) is 2.72. The van der Waals surface area contributed by atoms with Crippen LogP contribution in [0.3, 0.4) is 0 Å². The van der Waals surface area contributed by atoms with Crippen LogP contribution < -0.4 is 0 Å². The zero-order chi connectivity index (χ0) is 5.82. The summed E-state index contributed by atoms with van der Waals surface area (Å²) in [5, 5.41) is 0. The van der Waals surface area contributed by atoms with Gasteiger partial charge in [-0.3, -0.25) is 0 Å². The van der Waals surface area contributed by atoms with Crippen LogP contribution in [0.1, 0.15) is 25.7 Å². The first-order valence-electron chi connectivity index (χ1n) is 3.58. The van der Waals surface area contributed by atoms with E-state index in [-0.39, 0.29) is 0 Å². The van der Waals surface area contributed by atoms with Crippen LogP contribution >= 0.6 is 7.92 Å². The second-order valence-corrected chi connectivity index (χ2v) is 5.32. The molecule has 0 bridgehead atoms. The largest absolute Gasteiger partial charge is 0.110 e. The van der Waals surface area contributed by atoms with Gasteiger partial charge in [0.2, 0.25) is 0 Å². The van der Waals surface area contributed by atoms with E-state index >= 15 is 0 Å². The lowest BCUT2D eigenvalue weighted by molar-refractivity contribution is 0.726. The summed E-state index contributed by atoms with van der Waals surface area (Å²) in [6.07, 6.45) is 9.15. The minimum absolute atomic E-state index is 0.482. The Labute approximate surface area is 53.4 Å². The first-order chi connectivity index (χ1) is 3.89. The van der Waals surface area contributed by atoms with E-state index < -0.39 is 0 Å². The van der Waals surface area contributed by atoms with E-state index in [1.807, 2.05) is 0 Å². The average molecular weight is 130 g/mol. The normalized spacial score (nSPS) is 25.1. The summed E-state index contributed by atoms with van der Waals surface area (Å²) in [6.45, 7) is 2.45. The number of hydrogen-bond donors (Lipinski definition) is 0. The molecular formula is C7H15P. The Kier molecular flexibility index (Phi) is 2.83. The average Bonchev–Trinajstić information content (AvgIpc) is 1.94. The van der Waals surface area contributed by atoms with Crippen molar-refractivity contribution in [1.82, 2.24) is 0 Å². The molecule has 0 atom stereocenters. The van der Waals surface area contributed by atoms with Crippen molar-refractivity contribution in [3.8, 4) is 0 Å². The maximum absolute atomic E-state index is 2.45. The highest BCUT2D eigenvalue weighted by atomic mass is 31.1. The Morgan fingerprint density at radius 2 is 1.38 bits per heavy atom. The summed E-state index contributed by atoms with van der Waals surface area (Å²) < 4.78 is 0. The zero-order valence-electron chi connectivity index (χ0n) is 5.69. The molecule has 1 aliphatic heterocycles. The van der Waals surface area contributed by atoms with Gasteiger partial charge in [-0.15, -0.1) is 7.92 Å². The molecule has 8 heavy (non-hydrogen) atoms. The van der Waals surface area contributed by atoms with Gasteiger partial charge in [-0.25, -0.2) is 0 Å². The SMILES string of the molecule is CP1CCCCCC1. The van der Waals surface area contributed by atoms with E-state index in [0.29, 0.717) is 7.92 Å². The third-order valence-corrected chi connectivity index (χ3v) is 3.99. The lowest BCUT2D eigenvalue weighted by atomic mass is 10.2. The molecule has 0 N–H and O–H groups in total. The highest BCUT2D eigenvalue weighted by Gasteiger charge is 2.04. The molecule has 0 amide bonds. The molecule has 1 fully saturated rings. The third-order valence-electron chi connectivity index (χ3n) is 1.83. The Morgan fingerprint density at radius 1 is 0.875 bits per heavy atom. The first-order valence-corrected chi connectivity index (χ1v) is 5.74. The topological polar surface area (TPSA) is 0 Å². The molecule has 1 heterocycles. The minimum Gasteiger partial charge on any atom is -0.110 e. The van der Waals surface area contributed by atoms with Crippen LogP contribution in [0, 0.1) is 0 Å². The number of hydrogen-bond acceptors (Lipinski definition) is 0. The van der Waals surface area contributed by atoms with E-state index in [1.54, 1.807) is 12.3 Å². The van der Waals surface area contributed by atoms with Gasteiger partial charge in [0.15, 0.2) is 0 Å². The molecule has 0 aromatic heterocycles. The van der Waals surface area contributed by atoms with Gasteiger partial charge in [-0.2, -0.15) is 0 Å². The van der Waals surface area contributed by atoms with Crippen molar-refractivity contribution in [1.29, 1.82) is 0 Å². The molecule has 0 aliphatic carbocycles. The van der Waals surface area contributed by atoms with Gasteiger partial charge in [-0.05, 0) is 31.8 Å². The Hall–Kier alpha value is 0.430. The Balaban J connectivity index is 2.17. The van der Waals surface area contributed by atoms with Gasteiger partial charge in [0.05, 0.1) is 0 Å². The standard InChI is InChI=1S/C7H15P/c1-8-6-4-2-3-5-7-8/h2-7H2,1H3. The zero-order valence-corrected chi connectivity index (χ0v) is 6.58. The van der Waals surface area contributed by atoms with Gasteiger partial charge in [-0.1, -0.05) is 12.8 Å². The fraction of sp³-hybridized carbons (Fsp3) is 1.00. The Bertz CT molecular complexity index is 53.4. The molecule has 1 rings (SSSR count). The smallest absolute Gasteiger partial charge is 0.0328 e. The molecule has 1 saturated heterocycles. The summed E-state index contributed by atoms with van der Waals surface area (Å²) >= 11 is 0. The molecule has 1 heteroatoms. The van der Waals surface area contributed by atoms with Crippen molar-refractivity contribution < 1.29 is 0 Å². The summed E-state index contributed by atoms with van der Waals surface area (Å²) in [6, 6.07) is 0. The molecule has 0 saturated carbocycles. The highest BCUT2D eigenvalue weighted by Crippen LogP contribution is 2.35. The van der Waals surface area contributed by atoms with Crippen LogP contribution in [-0.2, 0) is 0 Å². The van der Waals surface area contributed by atoms with Gasteiger partial charge >= 0.3 is 0 Å². The van der Waals surface area contributed by atoms with Crippen molar-refractivity contribution in [2.75, 3.05) is 19.0 Å². The van der Waals surface area contributed by atoms with Gasteiger partial charge in [0, 0.05) is 0 Å². The predicted molar refractivity (Wildman–Crippen MR) is 41.0 cm³/mol. The van der Waals surface area contributed by atoms with E-state index in [9.17, 15) is 0 Å². The van der Waals surface area contributed by atoms with Crippen LogP contribution in [0.4, 0.5) is 0 Å². The van der Waals surface area contributed by atoms with Crippen molar-refractivity contribution in [2.24, 2.45) is 0 Å². The van der Waals surface area contributed by atoms with Crippen molar-refractivity contribution in [2.45, 2.75) is 25.7 Å². The van der Waals surface area contributed by atoms with Crippen LogP contribution in [0.15, 0.2) is 0 Å². The molecule has 0 nitrogen and oxygen atoms in total. The summed E-state index contributed by atoms with van der Waals surface area (Å²) in [5.41, 5.74) is 0. The quantitative estimate of drug-likeness (QED) is 0.442. The maximum atomic E-state index is 2.45. The van der Waals surface area contributed by atoms with E-state index in [2.05, 4.69) is 6.66 Å². The molecule has 0 spiro atoms. The molecule has 0 aromatic carbocycles. The molecule has 48 valence electrons. The third kappa shape index (κ3) is 2.13. The minimum atomic E-state index is 0.482. The Morgan fingerprint density at radius 3 is 1.88 bits per heavy atom. The van der Waals surface area contributed by atoms with Crippen LogP contribution in [0.25, 0.3) is 0 Å². The van der Waals surface area contributed by atoms with Crippen molar-refractivity contribution in [3.05, 3.63) is 0 Å². The molecule has 0 aromatic rings. The first kappa shape index (κ1) is 6.55. The fourth-order valence-electron chi connectivity index (χ4n) is 1.23. The van der Waals surface area contributed by atoms with Gasteiger partial charge in [0.25, 0.3) is 0 Å². The summed E-state index contributed by atoms with van der Waals surface area (Å²) in [5.74, 6) is 0.